The van der Waals surface area contributed by atoms with Crippen LogP contribution in [0.4, 0.5) is 0 Å². The van der Waals surface area contributed by atoms with Crippen molar-refractivity contribution in [1.82, 2.24) is 0 Å². The van der Waals surface area contributed by atoms with Crippen molar-refractivity contribution in [2.75, 3.05) is 20.8 Å². The van der Waals surface area contributed by atoms with E-state index in [0.717, 1.165) is 28.6 Å². The average molecular weight is 287 g/mol. The Morgan fingerprint density at radius 3 is 2.44 bits per heavy atom. The normalized spacial score (nSPS) is 17.0. The molecule has 0 amide bonds. The summed E-state index contributed by atoms with van der Waals surface area (Å²) in [6, 6.07) is 3.88. The predicted molar refractivity (Wildman–Crippen MR) is 65.2 cm³/mol. The number of ether oxygens (including phenoxy) is 2. The van der Waals surface area contributed by atoms with Crippen LogP contribution >= 0.6 is 15.9 Å². The maximum Gasteiger partial charge on any atom is 0.164 e. The van der Waals surface area contributed by atoms with Crippen LogP contribution in [-0.2, 0) is 5.41 Å². The predicted octanol–water partition coefficient (Wildman–Crippen LogP) is 2.49. The molecule has 0 bridgehead atoms. The first-order valence-electron chi connectivity index (χ1n) is 5.20. The SMILES string of the molecule is COc1cc(Br)cc(C2(CO)CC2)c1OC. The third-order valence-electron chi connectivity index (χ3n) is 3.17. The van der Waals surface area contributed by atoms with Crippen molar-refractivity contribution >= 4 is 15.9 Å². The monoisotopic (exact) mass is 286 g/mol. The lowest BCUT2D eigenvalue weighted by Crippen LogP contribution is -2.14. The van der Waals surface area contributed by atoms with E-state index >= 15 is 0 Å². The summed E-state index contributed by atoms with van der Waals surface area (Å²) in [4.78, 5) is 0. The Balaban J connectivity index is 2.54. The van der Waals surface area contributed by atoms with Gasteiger partial charge in [0, 0.05) is 15.5 Å². The van der Waals surface area contributed by atoms with E-state index in [4.69, 9.17) is 9.47 Å². The number of aliphatic hydroxyl groups is 1. The van der Waals surface area contributed by atoms with E-state index in [2.05, 4.69) is 15.9 Å². The summed E-state index contributed by atoms with van der Waals surface area (Å²) in [5, 5.41) is 9.47. The van der Waals surface area contributed by atoms with E-state index < -0.39 is 0 Å². The fourth-order valence-electron chi connectivity index (χ4n) is 1.99. The van der Waals surface area contributed by atoms with Gasteiger partial charge >= 0.3 is 0 Å². The molecule has 0 heterocycles. The number of methoxy groups -OCH3 is 2. The van der Waals surface area contributed by atoms with Gasteiger partial charge in [-0.2, -0.15) is 0 Å². The summed E-state index contributed by atoms with van der Waals surface area (Å²) in [6.45, 7) is 0.156. The largest absolute Gasteiger partial charge is 0.493 e. The van der Waals surface area contributed by atoms with E-state index in [1.807, 2.05) is 12.1 Å². The Morgan fingerprint density at radius 2 is 2.00 bits per heavy atom. The van der Waals surface area contributed by atoms with Gasteiger partial charge in [0.05, 0.1) is 20.8 Å². The third kappa shape index (κ3) is 1.80. The molecule has 1 N–H and O–H groups in total. The lowest BCUT2D eigenvalue weighted by Gasteiger charge is -2.19. The molecule has 1 aromatic carbocycles. The van der Waals surface area contributed by atoms with Gasteiger partial charge in [-0.05, 0) is 25.0 Å². The molecule has 1 aromatic rings. The van der Waals surface area contributed by atoms with Crippen molar-refractivity contribution in [2.45, 2.75) is 18.3 Å². The summed E-state index contributed by atoms with van der Waals surface area (Å²) in [6.07, 6.45) is 2.00. The molecular formula is C12H15BrO3. The zero-order chi connectivity index (χ0) is 11.8. The minimum Gasteiger partial charge on any atom is -0.493 e. The maximum absolute atomic E-state index is 9.47. The molecule has 0 radical (unpaired) electrons. The molecule has 1 aliphatic rings. The van der Waals surface area contributed by atoms with Crippen LogP contribution in [0.1, 0.15) is 18.4 Å². The van der Waals surface area contributed by atoms with Crippen LogP contribution in [0.25, 0.3) is 0 Å². The van der Waals surface area contributed by atoms with Crippen molar-refractivity contribution in [3.8, 4) is 11.5 Å². The van der Waals surface area contributed by atoms with Crippen molar-refractivity contribution in [3.05, 3.63) is 22.2 Å². The van der Waals surface area contributed by atoms with Crippen LogP contribution in [0.3, 0.4) is 0 Å². The number of hydrogen-bond donors (Lipinski definition) is 1. The van der Waals surface area contributed by atoms with Crippen LogP contribution in [0.2, 0.25) is 0 Å². The molecule has 3 nitrogen and oxygen atoms in total. The highest BCUT2D eigenvalue weighted by atomic mass is 79.9. The van der Waals surface area contributed by atoms with Crippen molar-refractivity contribution in [1.29, 1.82) is 0 Å². The number of hydrogen-bond acceptors (Lipinski definition) is 3. The Morgan fingerprint density at radius 1 is 1.31 bits per heavy atom. The molecule has 4 heteroatoms. The molecule has 0 aromatic heterocycles. The minimum absolute atomic E-state index is 0.123. The van der Waals surface area contributed by atoms with Gasteiger partial charge in [0.2, 0.25) is 0 Å². The fourth-order valence-corrected chi connectivity index (χ4v) is 2.43. The van der Waals surface area contributed by atoms with Crippen LogP contribution in [0.15, 0.2) is 16.6 Å². The zero-order valence-corrected chi connectivity index (χ0v) is 11.0. The standard InChI is InChI=1S/C12H15BrO3/c1-15-10-6-8(13)5-9(11(10)16-2)12(7-14)3-4-12/h5-6,14H,3-4,7H2,1-2H3. The van der Waals surface area contributed by atoms with Gasteiger partial charge in [-0.3, -0.25) is 0 Å². The highest BCUT2D eigenvalue weighted by molar-refractivity contribution is 9.10. The molecule has 1 saturated carbocycles. The molecule has 16 heavy (non-hydrogen) atoms. The van der Waals surface area contributed by atoms with Gasteiger partial charge in [-0.15, -0.1) is 0 Å². The van der Waals surface area contributed by atoms with Gasteiger partial charge in [0.15, 0.2) is 11.5 Å². The highest BCUT2D eigenvalue weighted by Gasteiger charge is 2.46. The van der Waals surface area contributed by atoms with Crippen molar-refractivity contribution < 1.29 is 14.6 Å². The molecule has 1 aliphatic carbocycles. The molecule has 0 aliphatic heterocycles. The average Bonchev–Trinajstić information content (AvgIpc) is 3.08. The lowest BCUT2D eigenvalue weighted by atomic mass is 9.95. The number of aliphatic hydroxyl groups excluding tert-OH is 1. The molecule has 0 spiro atoms. The molecule has 0 atom stereocenters. The summed E-state index contributed by atoms with van der Waals surface area (Å²) >= 11 is 3.45. The Kier molecular flexibility index (Phi) is 3.13. The number of halogens is 1. The van der Waals surface area contributed by atoms with E-state index in [1.54, 1.807) is 14.2 Å². The van der Waals surface area contributed by atoms with E-state index in [1.165, 1.54) is 0 Å². The minimum atomic E-state index is -0.123. The fraction of sp³-hybridized carbons (Fsp3) is 0.500. The topological polar surface area (TPSA) is 38.7 Å². The van der Waals surface area contributed by atoms with Crippen LogP contribution in [-0.4, -0.2) is 25.9 Å². The van der Waals surface area contributed by atoms with Crippen LogP contribution in [0, 0.1) is 0 Å². The molecule has 0 saturated heterocycles. The summed E-state index contributed by atoms with van der Waals surface area (Å²) in [7, 11) is 3.25. The van der Waals surface area contributed by atoms with E-state index in [0.29, 0.717) is 5.75 Å². The van der Waals surface area contributed by atoms with Crippen LogP contribution in [0.5, 0.6) is 11.5 Å². The van der Waals surface area contributed by atoms with Crippen LogP contribution < -0.4 is 9.47 Å². The summed E-state index contributed by atoms with van der Waals surface area (Å²) < 4.78 is 11.6. The Hall–Kier alpha value is -0.740. The van der Waals surface area contributed by atoms with Gasteiger partial charge in [0.1, 0.15) is 0 Å². The molecule has 88 valence electrons. The number of rotatable bonds is 4. The summed E-state index contributed by atoms with van der Waals surface area (Å²) in [5.41, 5.74) is 0.909. The van der Waals surface area contributed by atoms with Crippen molar-refractivity contribution in [2.24, 2.45) is 0 Å². The smallest absolute Gasteiger partial charge is 0.164 e. The second kappa shape index (κ2) is 4.26. The molecule has 2 rings (SSSR count). The first kappa shape index (κ1) is 11.7. The maximum atomic E-state index is 9.47. The van der Waals surface area contributed by atoms with Gasteiger partial charge in [-0.25, -0.2) is 0 Å². The quantitative estimate of drug-likeness (QED) is 0.924. The van der Waals surface area contributed by atoms with E-state index in [9.17, 15) is 5.11 Å². The Labute approximate surface area is 104 Å². The van der Waals surface area contributed by atoms with E-state index in [-0.39, 0.29) is 12.0 Å². The number of benzene rings is 1. The highest BCUT2D eigenvalue weighted by Crippen LogP contribution is 2.53. The molecular weight excluding hydrogens is 272 g/mol. The second-order valence-electron chi connectivity index (χ2n) is 4.13. The lowest BCUT2D eigenvalue weighted by molar-refractivity contribution is 0.250. The molecule has 0 unspecified atom stereocenters. The van der Waals surface area contributed by atoms with Gasteiger partial charge in [-0.1, -0.05) is 15.9 Å². The zero-order valence-electron chi connectivity index (χ0n) is 9.42. The van der Waals surface area contributed by atoms with Gasteiger partial charge < -0.3 is 14.6 Å². The summed E-state index contributed by atoms with van der Waals surface area (Å²) in [5.74, 6) is 1.43. The van der Waals surface area contributed by atoms with Gasteiger partial charge in [0.25, 0.3) is 0 Å². The first-order chi connectivity index (χ1) is 7.66. The third-order valence-corrected chi connectivity index (χ3v) is 3.63. The molecule has 1 fully saturated rings. The Bertz CT molecular complexity index is 399. The first-order valence-corrected chi connectivity index (χ1v) is 5.99. The van der Waals surface area contributed by atoms with Crippen molar-refractivity contribution in [3.63, 3.8) is 0 Å². The second-order valence-corrected chi connectivity index (χ2v) is 5.04.